The predicted molar refractivity (Wildman–Crippen MR) is 318 cm³/mol. The number of nitrogens with two attached hydrogens (primary N) is 1. The number of anilines is 3. The van der Waals surface area contributed by atoms with Gasteiger partial charge in [-0.25, -0.2) is 6.57 Å². The van der Waals surface area contributed by atoms with Crippen LogP contribution < -0.4 is 21.7 Å². The van der Waals surface area contributed by atoms with Gasteiger partial charge in [-0.3, -0.25) is 24.1 Å². The number of nitrogen functional groups attached to an aromatic ring is 1. The highest BCUT2D eigenvalue weighted by Gasteiger charge is 2.22. The van der Waals surface area contributed by atoms with E-state index in [4.69, 9.17) is 47.1 Å². The summed E-state index contributed by atoms with van der Waals surface area (Å²) in [4.78, 5) is 55.3. The lowest BCUT2D eigenvalue weighted by Gasteiger charge is -2.13. The monoisotopic (exact) mass is 1130 g/mol. The number of halogens is 3. The van der Waals surface area contributed by atoms with Crippen molar-refractivity contribution in [2.24, 2.45) is 0 Å². The highest BCUT2D eigenvalue weighted by Crippen LogP contribution is 2.39. The van der Waals surface area contributed by atoms with Crippen LogP contribution in [0.4, 0.5) is 15.0 Å². The Bertz CT molecular complexity index is 2080. The third-order valence-corrected chi connectivity index (χ3v) is 18.1. The third-order valence-electron chi connectivity index (χ3n) is 13.5. The van der Waals surface area contributed by atoms with Crippen LogP contribution in [-0.4, -0.2) is 103 Å². The summed E-state index contributed by atoms with van der Waals surface area (Å²) < 4.78 is 0. The molecule has 73 heavy (non-hydrogen) atoms. The van der Waals surface area contributed by atoms with Crippen molar-refractivity contribution < 1.29 is 19.2 Å². The zero-order valence-electron chi connectivity index (χ0n) is 45.5. The molecule has 2 amide bonds. The summed E-state index contributed by atoms with van der Waals surface area (Å²) >= 11 is 20.3. The van der Waals surface area contributed by atoms with Gasteiger partial charge in [0.25, 0.3) is 0 Å². The molecule has 3 aromatic rings. The second-order valence-corrected chi connectivity index (χ2v) is 23.2. The molecule has 0 aromatic carbocycles. The number of thiophene rings is 3. The average molecular weight is 1130 g/mol. The molecule has 3 aromatic heterocycles. The molecule has 5 N–H and O–H groups in total. The number of aryl methyl sites for hydroxylation is 3. The van der Waals surface area contributed by atoms with Crippen LogP contribution >= 0.6 is 68.8 Å². The fourth-order valence-corrected chi connectivity index (χ4v) is 13.0. The first-order valence-corrected chi connectivity index (χ1v) is 31.1. The molecule has 6 aliphatic rings. The van der Waals surface area contributed by atoms with Crippen LogP contribution in [0.1, 0.15) is 172 Å². The largest absolute Gasteiger partial charge is 0.390 e. The van der Waals surface area contributed by atoms with Crippen LogP contribution in [0.2, 0.25) is 0 Å². The van der Waals surface area contributed by atoms with Crippen molar-refractivity contribution in [1.29, 1.82) is 0 Å². The molecule has 5 heterocycles. The minimum atomic E-state index is -0.508. The molecule has 4 aliphatic carbocycles. The van der Waals surface area contributed by atoms with E-state index in [0.717, 1.165) is 66.6 Å². The summed E-state index contributed by atoms with van der Waals surface area (Å²) in [6, 6.07) is 0. The van der Waals surface area contributed by atoms with Gasteiger partial charge in [-0.2, -0.15) is 0 Å². The van der Waals surface area contributed by atoms with E-state index in [0.29, 0.717) is 18.9 Å². The number of likely N-dealkylation sites (tertiary alicyclic amines) is 1. The molecule has 2 saturated heterocycles. The number of rotatable bonds is 9. The second kappa shape index (κ2) is 39.7. The average Bonchev–Trinajstić information content (AvgIpc) is 4.29. The van der Waals surface area contributed by atoms with Gasteiger partial charge in [-0.15, -0.1) is 57.2 Å². The molecular weight excluding hydrogens is 1040 g/mol. The molecule has 0 atom stereocenters. The van der Waals surface area contributed by atoms with Crippen molar-refractivity contribution in [2.45, 2.75) is 183 Å². The molecule has 11 nitrogen and oxygen atoms in total. The highest BCUT2D eigenvalue weighted by atomic mass is 35.5. The number of Topliss-reactive ketones (excluding diaryl/α,β-unsaturated/α-hetero) is 1. The summed E-state index contributed by atoms with van der Waals surface area (Å²) in [6.45, 7) is 30.2. The van der Waals surface area contributed by atoms with E-state index in [1.54, 1.807) is 44.5 Å². The van der Waals surface area contributed by atoms with Gasteiger partial charge < -0.3 is 31.4 Å². The number of amides is 2. The second-order valence-electron chi connectivity index (χ2n) is 18.9. The number of alkyl halides is 2. The van der Waals surface area contributed by atoms with Gasteiger partial charge in [-0.05, 0) is 227 Å². The van der Waals surface area contributed by atoms with Gasteiger partial charge in [0.15, 0.2) is 0 Å². The Morgan fingerprint density at radius 1 is 0.616 bits per heavy atom. The van der Waals surface area contributed by atoms with Crippen molar-refractivity contribution in [2.75, 3.05) is 87.0 Å². The fourth-order valence-electron chi connectivity index (χ4n) is 9.14. The summed E-state index contributed by atoms with van der Waals surface area (Å²) in [5, 5.41) is 11.8. The molecule has 9 rings (SSSR count). The maximum Gasteiger partial charge on any atom is 0.239 e. The van der Waals surface area contributed by atoms with Gasteiger partial charge in [0, 0.05) is 34.4 Å². The Kier molecular flexibility index (Phi) is 36.2. The number of nitrogens with zero attached hydrogens (tertiary/aromatic N) is 3. The van der Waals surface area contributed by atoms with E-state index < -0.39 is 5.24 Å². The fraction of sp³-hybridized carbons (Fsp3) is 0.696. The maximum atomic E-state index is 12.1. The van der Waals surface area contributed by atoms with Crippen molar-refractivity contribution in [3.05, 3.63) is 59.4 Å². The zero-order valence-corrected chi connectivity index (χ0v) is 50.3. The summed E-state index contributed by atoms with van der Waals surface area (Å²) in [5.74, 6) is 0.442. The first-order valence-electron chi connectivity index (χ1n) is 27.2. The number of hydrogen-bond donors (Lipinski definition) is 4. The van der Waals surface area contributed by atoms with Crippen molar-refractivity contribution in [1.82, 2.24) is 15.1 Å². The lowest BCUT2D eigenvalue weighted by molar-refractivity contribution is -0.120. The highest BCUT2D eigenvalue weighted by molar-refractivity contribution is 7.17. The van der Waals surface area contributed by atoms with E-state index >= 15 is 0 Å². The minimum absolute atomic E-state index is 0.0298. The van der Waals surface area contributed by atoms with Crippen LogP contribution in [0.5, 0.6) is 0 Å². The van der Waals surface area contributed by atoms with Crippen LogP contribution in [0.15, 0.2) is 0 Å². The molecular formula is C56H90Cl3N7O4S3. The van der Waals surface area contributed by atoms with Gasteiger partial charge in [0.2, 0.25) is 23.6 Å². The first-order chi connectivity index (χ1) is 35.2. The van der Waals surface area contributed by atoms with Gasteiger partial charge in [0.05, 0.1) is 27.4 Å². The number of nitrogens with one attached hydrogen (secondary N) is 3. The van der Waals surface area contributed by atoms with Crippen LogP contribution in [0.25, 0.3) is 4.85 Å². The Labute approximate surface area is 467 Å². The standard InChI is InChI=1S/C15H22N2OS.C11H14ClNOS.C9H13NS.C6H15N.C6H10O.C4H9N.C3H5N.C2H2Cl2O/c1-11-12-6-2-3-7-13(12)19-15(11)16-14(18)10-17-8-4-5-9-17;1-7-8-4-2-3-5-9(8)15-11(7)13-10(14)6-12;1-6-7-4-2-3-5-8(7)11-9(6)10;1-4-7(5-2)6-3;7-6-4-2-1-3-5-6;1-2-4-5-3-1;1-3-4-2;3-1-2(4)5/h2-10H2,1H3,(H,16,18);2-6H2,1H3,(H,13,14);2-5,10H2,1H3;4-6H2,1-3H3;1-5H2;5H,1-4H2;3H2,1H3;1H2. The van der Waals surface area contributed by atoms with Crippen LogP contribution in [-0.2, 0) is 57.7 Å². The quantitative estimate of drug-likeness (QED) is 0.0943. The first kappa shape index (κ1) is 66.5. The van der Waals surface area contributed by atoms with Crippen molar-refractivity contribution >= 4 is 107 Å². The molecule has 412 valence electrons. The van der Waals surface area contributed by atoms with Crippen molar-refractivity contribution in [3.8, 4) is 0 Å². The minimum Gasteiger partial charge on any atom is -0.390 e. The predicted octanol–water partition coefficient (Wildman–Crippen LogP) is 13.8. The lowest BCUT2D eigenvalue weighted by Crippen LogP contribution is -2.30. The molecule has 17 heteroatoms. The Morgan fingerprint density at radius 2 is 1.01 bits per heavy atom. The van der Waals surface area contributed by atoms with Gasteiger partial charge in [0.1, 0.15) is 11.7 Å². The molecule has 0 bridgehead atoms. The number of hydrogen-bond acceptors (Lipinski definition) is 11. The molecule has 0 unspecified atom stereocenters. The molecule has 0 radical (unpaired) electrons. The maximum absolute atomic E-state index is 12.1. The number of ketones is 1. The molecule has 1 saturated carbocycles. The molecule has 0 spiro atoms. The number of carbonyl (C=O) groups excluding carboxylic acids is 4. The number of carbonyl (C=O) groups is 4. The zero-order chi connectivity index (χ0) is 54.0. The van der Waals surface area contributed by atoms with E-state index in [-0.39, 0.29) is 23.6 Å². The Hall–Kier alpha value is -2.58. The van der Waals surface area contributed by atoms with E-state index in [2.05, 4.69) is 72.1 Å². The lowest BCUT2D eigenvalue weighted by atomic mass is 9.96. The van der Waals surface area contributed by atoms with E-state index in [1.165, 1.54) is 167 Å². The molecule has 3 fully saturated rings. The summed E-state index contributed by atoms with van der Waals surface area (Å²) in [6.07, 6.45) is 25.6. The SMILES string of the molecule is C1CCNC1.CCN(CC)CC.Cc1c(N)sc2c1CCCC2.Cc1c(NC(=O)CCl)sc2c1CCCC2.Cc1c(NC(=O)CN2CCCC2)sc2c1CCCC2.O=C(Cl)CCl.O=C1CCCCC1.[C-]#[N+]CC. The Morgan fingerprint density at radius 3 is 1.33 bits per heavy atom. The van der Waals surface area contributed by atoms with Crippen molar-refractivity contribution in [3.63, 3.8) is 0 Å². The van der Waals surface area contributed by atoms with Gasteiger partial charge in [-0.1, -0.05) is 27.2 Å². The number of fused-ring (bicyclic) bond motifs is 3. The van der Waals surface area contributed by atoms with Crippen LogP contribution in [0.3, 0.4) is 0 Å². The Balaban J connectivity index is 0.000000304. The van der Waals surface area contributed by atoms with E-state index in [9.17, 15) is 19.2 Å². The topological polar surface area (TPSA) is 141 Å². The van der Waals surface area contributed by atoms with Gasteiger partial charge >= 0.3 is 0 Å². The smallest absolute Gasteiger partial charge is 0.239 e. The van der Waals surface area contributed by atoms with E-state index in [1.807, 2.05) is 6.92 Å². The third kappa shape index (κ3) is 26.4. The summed E-state index contributed by atoms with van der Waals surface area (Å²) in [7, 11) is 0. The summed E-state index contributed by atoms with van der Waals surface area (Å²) in [5.41, 5.74) is 14.3. The normalized spacial score (nSPS) is 16.2. The van der Waals surface area contributed by atoms with Crippen LogP contribution in [0, 0.1) is 27.3 Å². The molecule has 2 aliphatic heterocycles.